The van der Waals surface area contributed by atoms with Crippen molar-refractivity contribution in [3.63, 3.8) is 0 Å². The van der Waals surface area contributed by atoms with Gasteiger partial charge in [0.2, 0.25) is 0 Å². The molecule has 0 bridgehead atoms. The number of likely N-dealkylation sites (tertiary alicyclic amines) is 1. The van der Waals surface area contributed by atoms with E-state index in [4.69, 9.17) is 4.74 Å². The lowest BCUT2D eigenvalue weighted by Crippen LogP contribution is -2.51. The molecule has 2 N–H and O–H groups in total. The summed E-state index contributed by atoms with van der Waals surface area (Å²) in [6, 6.07) is 0.533. The zero-order chi connectivity index (χ0) is 19.2. The van der Waals surface area contributed by atoms with E-state index < -0.39 is 0 Å². The van der Waals surface area contributed by atoms with E-state index in [0.29, 0.717) is 18.1 Å². The van der Waals surface area contributed by atoms with Crippen molar-refractivity contribution in [1.29, 1.82) is 0 Å². The molecule has 0 aromatic rings. The normalized spacial score (nSPS) is 27.0. The van der Waals surface area contributed by atoms with Crippen LogP contribution in [0, 0.1) is 17.3 Å². The summed E-state index contributed by atoms with van der Waals surface area (Å²) in [6.07, 6.45) is 5.12. The zero-order valence-corrected chi connectivity index (χ0v) is 18.0. The van der Waals surface area contributed by atoms with Crippen molar-refractivity contribution in [3.05, 3.63) is 0 Å². The van der Waals surface area contributed by atoms with Crippen LogP contribution in [0.2, 0.25) is 0 Å². The molecule has 2 aliphatic heterocycles. The molecule has 2 rings (SSSR count). The van der Waals surface area contributed by atoms with Crippen molar-refractivity contribution in [2.75, 3.05) is 39.8 Å². The van der Waals surface area contributed by atoms with Crippen molar-refractivity contribution in [2.45, 2.75) is 72.4 Å². The molecule has 26 heavy (non-hydrogen) atoms. The van der Waals surface area contributed by atoms with Gasteiger partial charge in [0.05, 0.1) is 6.10 Å². The average molecular weight is 367 g/mol. The molecule has 5 nitrogen and oxygen atoms in total. The molecule has 0 amide bonds. The molecular formula is C21H42N4O. The van der Waals surface area contributed by atoms with Crippen LogP contribution >= 0.6 is 0 Å². The molecule has 2 atom stereocenters. The highest BCUT2D eigenvalue weighted by atomic mass is 16.5. The number of hydrogen-bond acceptors (Lipinski definition) is 3. The Labute approximate surface area is 161 Å². The van der Waals surface area contributed by atoms with E-state index in [1.54, 1.807) is 0 Å². The van der Waals surface area contributed by atoms with Crippen molar-refractivity contribution in [1.82, 2.24) is 15.5 Å². The highest BCUT2D eigenvalue weighted by molar-refractivity contribution is 5.79. The fourth-order valence-corrected chi connectivity index (χ4v) is 4.40. The molecule has 0 aromatic carbocycles. The highest BCUT2D eigenvalue weighted by Gasteiger charge is 2.35. The summed E-state index contributed by atoms with van der Waals surface area (Å²) in [5.74, 6) is 2.25. The maximum absolute atomic E-state index is 6.11. The second-order valence-electron chi connectivity index (χ2n) is 9.63. The van der Waals surface area contributed by atoms with Crippen molar-refractivity contribution >= 4 is 5.96 Å². The quantitative estimate of drug-likeness (QED) is 0.580. The van der Waals surface area contributed by atoms with Gasteiger partial charge in [0.1, 0.15) is 0 Å². The molecule has 2 aliphatic rings. The number of nitrogens with zero attached hydrogens (tertiary/aromatic N) is 2. The molecule has 2 fully saturated rings. The van der Waals surface area contributed by atoms with Gasteiger partial charge in [0, 0.05) is 51.8 Å². The van der Waals surface area contributed by atoms with E-state index >= 15 is 0 Å². The Morgan fingerprint density at radius 1 is 1.19 bits per heavy atom. The first-order valence-electron chi connectivity index (χ1n) is 10.6. The number of nitrogens with one attached hydrogen (secondary N) is 2. The number of guanidine groups is 1. The second-order valence-corrected chi connectivity index (χ2v) is 9.63. The Kier molecular flexibility index (Phi) is 8.21. The Bertz CT molecular complexity index is 436. The standard InChI is InChI=1S/C21H42N4O/c1-16(2)15-25-11-9-18(10-12-25)24-20(22-6)23-14-17-8-7-13-26-19(17)21(3,4)5/h16-19H,7-15H2,1-6H3,(H2,22,23,24). The smallest absolute Gasteiger partial charge is 0.191 e. The first kappa shape index (κ1) is 21.5. The fraction of sp³-hybridized carbons (Fsp3) is 0.952. The van der Waals surface area contributed by atoms with Gasteiger partial charge in [-0.3, -0.25) is 4.99 Å². The third-order valence-electron chi connectivity index (χ3n) is 5.61. The highest BCUT2D eigenvalue weighted by Crippen LogP contribution is 2.33. The molecule has 2 unspecified atom stereocenters. The zero-order valence-electron chi connectivity index (χ0n) is 18.0. The molecule has 2 heterocycles. The summed E-state index contributed by atoms with van der Waals surface area (Å²) in [4.78, 5) is 7.05. The lowest BCUT2D eigenvalue weighted by atomic mass is 9.78. The third-order valence-corrected chi connectivity index (χ3v) is 5.61. The van der Waals surface area contributed by atoms with Crippen LogP contribution in [0.3, 0.4) is 0 Å². The summed E-state index contributed by atoms with van der Waals surface area (Å²) >= 11 is 0. The summed E-state index contributed by atoms with van der Waals surface area (Å²) in [7, 11) is 1.88. The number of ether oxygens (including phenoxy) is 1. The van der Waals surface area contributed by atoms with Gasteiger partial charge in [0.25, 0.3) is 0 Å². The van der Waals surface area contributed by atoms with Crippen LogP contribution in [0.1, 0.15) is 60.3 Å². The maximum Gasteiger partial charge on any atom is 0.191 e. The van der Waals surface area contributed by atoms with E-state index in [1.165, 1.54) is 45.3 Å². The first-order valence-corrected chi connectivity index (χ1v) is 10.6. The first-order chi connectivity index (χ1) is 12.3. The van der Waals surface area contributed by atoms with Crippen molar-refractivity contribution in [2.24, 2.45) is 22.2 Å². The number of aliphatic imine (C=N–C) groups is 1. The van der Waals surface area contributed by atoms with E-state index in [0.717, 1.165) is 25.0 Å². The van der Waals surface area contributed by atoms with Gasteiger partial charge in [-0.1, -0.05) is 34.6 Å². The third kappa shape index (κ3) is 6.73. The molecule has 152 valence electrons. The predicted molar refractivity (Wildman–Crippen MR) is 111 cm³/mol. The van der Waals surface area contributed by atoms with Crippen LogP contribution in [0.15, 0.2) is 4.99 Å². The van der Waals surface area contributed by atoms with E-state index in [1.807, 2.05) is 7.05 Å². The fourth-order valence-electron chi connectivity index (χ4n) is 4.40. The van der Waals surface area contributed by atoms with Crippen molar-refractivity contribution < 1.29 is 4.74 Å². The largest absolute Gasteiger partial charge is 0.377 e. The van der Waals surface area contributed by atoms with E-state index in [-0.39, 0.29) is 5.41 Å². The number of piperidine rings is 1. The summed E-state index contributed by atoms with van der Waals surface area (Å²) < 4.78 is 6.11. The van der Waals surface area contributed by atoms with Crippen LogP contribution in [0.25, 0.3) is 0 Å². The van der Waals surface area contributed by atoms with Crippen LogP contribution in [-0.4, -0.2) is 62.8 Å². The molecule has 5 heteroatoms. The van der Waals surface area contributed by atoms with Gasteiger partial charge in [-0.05, 0) is 37.0 Å². The SMILES string of the molecule is CN=C(NCC1CCCOC1C(C)(C)C)NC1CCN(CC(C)C)CC1. The van der Waals surface area contributed by atoms with Crippen LogP contribution in [0.5, 0.6) is 0 Å². The van der Waals surface area contributed by atoms with Gasteiger partial charge in [0.15, 0.2) is 5.96 Å². The molecule has 2 saturated heterocycles. The average Bonchev–Trinajstić information content (AvgIpc) is 2.59. The Hall–Kier alpha value is -0.810. The van der Waals surface area contributed by atoms with E-state index in [2.05, 4.69) is 55.1 Å². The Morgan fingerprint density at radius 2 is 1.88 bits per heavy atom. The van der Waals surface area contributed by atoms with Crippen LogP contribution < -0.4 is 10.6 Å². The van der Waals surface area contributed by atoms with E-state index in [9.17, 15) is 0 Å². The molecule has 0 aliphatic carbocycles. The number of hydrogen-bond donors (Lipinski definition) is 2. The summed E-state index contributed by atoms with van der Waals surface area (Å²) in [5, 5.41) is 7.22. The maximum atomic E-state index is 6.11. The van der Waals surface area contributed by atoms with Gasteiger partial charge in [-0.25, -0.2) is 0 Å². The van der Waals surface area contributed by atoms with Gasteiger partial charge in [-0.2, -0.15) is 0 Å². The predicted octanol–water partition coefficient (Wildman–Crippen LogP) is 3.11. The molecule has 0 aromatic heterocycles. The molecule has 0 saturated carbocycles. The van der Waals surface area contributed by atoms with Gasteiger partial charge >= 0.3 is 0 Å². The minimum absolute atomic E-state index is 0.187. The van der Waals surface area contributed by atoms with Gasteiger partial charge < -0.3 is 20.3 Å². The van der Waals surface area contributed by atoms with Crippen molar-refractivity contribution in [3.8, 4) is 0 Å². The summed E-state index contributed by atoms with van der Waals surface area (Å²) in [6.45, 7) is 16.9. The monoisotopic (exact) mass is 366 g/mol. The minimum Gasteiger partial charge on any atom is -0.377 e. The second kappa shape index (κ2) is 9.93. The Morgan fingerprint density at radius 3 is 2.46 bits per heavy atom. The molecule has 0 radical (unpaired) electrons. The molecule has 0 spiro atoms. The number of rotatable bonds is 5. The summed E-state index contributed by atoms with van der Waals surface area (Å²) in [5.41, 5.74) is 0.187. The molecular weight excluding hydrogens is 324 g/mol. The lowest BCUT2D eigenvalue weighted by Gasteiger charge is -2.40. The van der Waals surface area contributed by atoms with Crippen LogP contribution in [0.4, 0.5) is 0 Å². The topological polar surface area (TPSA) is 48.9 Å². The van der Waals surface area contributed by atoms with Gasteiger partial charge in [-0.15, -0.1) is 0 Å². The minimum atomic E-state index is 0.187. The van der Waals surface area contributed by atoms with Crippen LogP contribution in [-0.2, 0) is 4.74 Å². The lowest BCUT2D eigenvalue weighted by molar-refractivity contribution is -0.0835. The Balaban J connectivity index is 1.77.